The highest BCUT2D eigenvalue weighted by Gasteiger charge is 2.22. The van der Waals surface area contributed by atoms with Gasteiger partial charge in [0.1, 0.15) is 18.1 Å². The summed E-state index contributed by atoms with van der Waals surface area (Å²) in [5.41, 5.74) is 7.96. The van der Waals surface area contributed by atoms with Crippen LogP contribution in [0.4, 0.5) is 0 Å². The third-order valence-corrected chi connectivity index (χ3v) is 6.49. The normalized spacial score (nSPS) is 15.6. The van der Waals surface area contributed by atoms with Crippen molar-refractivity contribution in [2.75, 3.05) is 7.11 Å². The molecular formula is C29H34O2. The molecule has 3 aromatic carbocycles. The maximum Gasteiger partial charge on any atom is 0.120 e. The zero-order chi connectivity index (χ0) is 22.0. The summed E-state index contributed by atoms with van der Waals surface area (Å²) >= 11 is 0. The molecule has 0 aliphatic heterocycles. The van der Waals surface area contributed by atoms with E-state index in [1.807, 2.05) is 6.07 Å². The van der Waals surface area contributed by atoms with Crippen molar-refractivity contribution in [3.05, 3.63) is 82.9 Å². The Balaban J connectivity index is 1.59. The Morgan fingerprint density at radius 1 is 0.935 bits per heavy atom. The second kappa shape index (κ2) is 8.78. The SMILES string of the molecule is CC[C@@H]1CCc2ccc(OCc3ccc(-c4cccc(OC)c4)c(C(C)(C)C)c3)cc21. The molecule has 0 spiro atoms. The quantitative estimate of drug-likeness (QED) is 0.412. The van der Waals surface area contributed by atoms with Crippen LogP contribution in [0.2, 0.25) is 0 Å². The fourth-order valence-electron chi connectivity index (χ4n) is 4.69. The summed E-state index contributed by atoms with van der Waals surface area (Å²) in [6.07, 6.45) is 3.68. The van der Waals surface area contributed by atoms with Crippen molar-refractivity contribution in [3.8, 4) is 22.6 Å². The Morgan fingerprint density at radius 3 is 2.52 bits per heavy atom. The first-order valence-corrected chi connectivity index (χ1v) is 11.4. The van der Waals surface area contributed by atoms with Gasteiger partial charge in [-0.2, -0.15) is 0 Å². The van der Waals surface area contributed by atoms with E-state index in [1.54, 1.807) is 7.11 Å². The minimum Gasteiger partial charge on any atom is -0.497 e. The van der Waals surface area contributed by atoms with Crippen LogP contribution < -0.4 is 9.47 Å². The van der Waals surface area contributed by atoms with Gasteiger partial charge in [0.25, 0.3) is 0 Å². The lowest BCUT2D eigenvalue weighted by molar-refractivity contribution is 0.305. The van der Waals surface area contributed by atoms with Crippen molar-refractivity contribution in [2.45, 2.75) is 64.9 Å². The Morgan fingerprint density at radius 2 is 1.77 bits per heavy atom. The van der Waals surface area contributed by atoms with Crippen molar-refractivity contribution in [3.63, 3.8) is 0 Å². The summed E-state index contributed by atoms with van der Waals surface area (Å²) in [4.78, 5) is 0. The zero-order valence-electron chi connectivity index (χ0n) is 19.5. The molecule has 4 rings (SSSR count). The molecule has 0 fully saturated rings. The Labute approximate surface area is 187 Å². The number of fused-ring (bicyclic) bond motifs is 1. The highest BCUT2D eigenvalue weighted by Crippen LogP contribution is 2.38. The van der Waals surface area contributed by atoms with E-state index in [0.29, 0.717) is 12.5 Å². The van der Waals surface area contributed by atoms with Gasteiger partial charge < -0.3 is 9.47 Å². The molecule has 162 valence electrons. The first kappa shape index (κ1) is 21.5. The molecule has 2 heteroatoms. The van der Waals surface area contributed by atoms with Crippen LogP contribution in [0.15, 0.2) is 60.7 Å². The largest absolute Gasteiger partial charge is 0.497 e. The molecule has 0 aromatic heterocycles. The molecule has 0 saturated carbocycles. The summed E-state index contributed by atoms with van der Waals surface area (Å²) in [7, 11) is 1.71. The summed E-state index contributed by atoms with van der Waals surface area (Å²) in [5.74, 6) is 2.55. The van der Waals surface area contributed by atoms with E-state index in [2.05, 4.69) is 82.3 Å². The molecule has 0 unspecified atom stereocenters. The molecule has 1 aliphatic rings. The topological polar surface area (TPSA) is 18.5 Å². The average Bonchev–Trinajstić information content (AvgIpc) is 3.19. The monoisotopic (exact) mass is 414 g/mol. The van der Waals surface area contributed by atoms with Crippen LogP contribution in [0.25, 0.3) is 11.1 Å². The lowest BCUT2D eigenvalue weighted by Gasteiger charge is -2.24. The van der Waals surface area contributed by atoms with Gasteiger partial charge in [0.05, 0.1) is 7.11 Å². The van der Waals surface area contributed by atoms with Crippen LogP contribution >= 0.6 is 0 Å². The van der Waals surface area contributed by atoms with Crippen LogP contribution in [0.5, 0.6) is 11.5 Å². The maximum absolute atomic E-state index is 6.24. The van der Waals surface area contributed by atoms with Crippen LogP contribution in [0.3, 0.4) is 0 Å². The molecule has 0 radical (unpaired) electrons. The molecule has 0 amide bonds. The minimum atomic E-state index is 0.0241. The minimum absolute atomic E-state index is 0.0241. The van der Waals surface area contributed by atoms with Crippen molar-refractivity contribution in [2.24, 2.45) is 0 Å². The fraction of sp³-hybridized carbons (Fsp3) is 0.379. The standard InChI is InChI=1S/C29H34O2/c1-6-21-11-12-22-13-14-25(18-27(21)22)31-19-20-10-15-26(28(16-20)29(2,3)4)23-8-7-9-24(17-23)30-5/h7-10,13-18,21H,6,11-12,19H2,1-5H3/t21-/m1/s1. The van der Waals surface area contributed by atoms with E-state index in [1.165, 1.54) is 52.6 Å². The second-order valence-electron chi connectivity index (χ2n) is 9.66. The predicted molar refractivity (Wildman–Crippen MR) is 129 cm³/mol. The highest BCUT2D eigenvalue weighted by atomic mass is 16.5. The third-order valence-electron chi connectivity index (χ3n) is 6.49. The molecule has 31 heavy (non-hydrogen) atoms. The average molecular weight is 415 g/mol. The number of hydrogen-bond acceptors (Lipinski definition) is 2. The number of methoxy groups -OCH3 is 1. The Bertz CT molecular complexity index is 1060. The molecule has 3 aromatic rings. The number of ether oxygens (including phenoxy) is 2. The summed E-state index contributed by atoms with van der Waals surface area (Å²) in [6, 6.07) is 21.7. The van der Waals surface area contributed by atoms with Gasteiger partial charge in [-0.15, -0.1) is 0 Å². The first-order valence-electron chi connectivity index (χ1n) is 11.4. The van der Waals surface area contributed by atoms with Gasteiger partial charge in [0, 0.05) is 0 Å². The summed E-state index contributed by atoms with van der Waals surface area (Å²) in [5, 5.41) is 0. The van der Waals surface area contributed by atoms with Gasteiger partial charge in [-0.25, -0.2) is 0 Å². The number of aryl methyl sites for hydroxylation is 1. The van der Waals surface area contributed by atoms with Gasteiger partial charge in [0.15, 0.2) is 0 Å². The van der Waals surface area contributed by atoms with Crippen molar-refractivity contribution >= 4 is 0 Å². The van der Waals surface area contributed by atoms with Crippen LogP contribution in [0, 0.1) is 0 Å². The summed E-state index contributed by atoms with van der Waals surface area (Å²) in [6.45, 7) is 9.66. The van der Waals surface area contributed by atoms with E-state index in [-0.39, 0.29) is 5.41 Å². The maximum atomic E-state index is 6.24. The third kappa shape index (κ3) is 4.63. The number of benzene rings is 3. The van der Waals surface area contributed by atoms with Gasteiger partial charge in [-0.05, 0) is 88.2 Å². The van der Waals surface area contributed by atoms with Gasteiger partial charge >= 0.3 is 0 Å². The molecular weight excluding hydrogens is 380 g/mol. The summed E-state index contributed by atoms with van der Waals surface area (Å²) < 4.78 is 11.7. The van der Waals surface area contributed by atoms with E-state index in [0.717, 1.165) is 11.5 Å². The van der Waals surface area contributed by atoms with Crippen LogP contribution in [-0.2, 0) is 18.4 Å². The second-order valence-corrected chi connectivity index (χ2v) is 9.66. The van der Waals surface area contributed by atoms with Gasteiger partial charge in [-0.1, -0.05) is 64.1 Å². The lowest BCUT2D eigenvalue weighted by atomic mass is 9.81. The van der Waals surface area contributed by atoms with Crippen LogP contribution in [0.1, 0.15) is 68.7 Å². The van der Waals surface area contributed by atoms with E-state index in [4.69, 9.17) is 9.47 Å². The molecule has 0 heterocycles. The highest BCUT2D eigenvalue weighted by molar-refractivity contribution is 5.70. The van der Waals surface area contributed by atoms with E-state index in [9.17, 15) is 0 Å². The molecule has 0 N–H and O–H groups in total. The number of rotatable bonds is 6. The zero-order valence-corrected chi connectivity index (χ0v) is 19.5. The van der Waals surface area contributed by atoms with Gasteiger partial charge in [0.2, 0.25) is 0 Å². The Kier molecular flexibility index (Phi) is 6.09. The molecule has 1 aliphatic carbocycles. The Hall–Kier alpha value is -2.74. The van der Waals surface area contributed by atoms with Crippen molar-refractivity contribution in [1.29, 1.82) is 0 Å². The number of hydrogen-bond donors (Lipinski definition) is 0. The molecule has 0 bridgehead atoms. The van der Waals surface area contributed by atoms with Crippen molar-refractivity contribution in [1.82, 2.24) is 0 Å². The first-order chi connectivity index (χ1) is 14.9. The molecule has 1 atom stereocenters. The lowest BCUT2D eigenvalue weighted by Crippen LogP contribution is -2.14. The molecule has 2 nitrogen and oxygen atoms in total. The molecule has 0 saturated heterocycles. The smallest absolute Gasteiger partial charge is 0.120 e. The van der Waals surface area contributed by atoms with Gasteiger partial charge in [-0.3, -0.25) is 0 Å². The van der Waals surface area contributed by atoms with Crippen molar-refractivity contribution < 1.29 is 9.47 Å². The van der Waals surface area contributed by atoms with E-state index < -0.39 is 0 Å². The fourth-order valence-corrected chi connectivity index (χ4v) is 4.69. The van der Waals surface area contributed by atoms with Crippen LogP contribution in [-0.4, -0.2) is 7.11 Å². The predicted octanol–water partition coefficient (Wildman–Crippen LogP) is 7.68. The van der Waals surface area contributed by atoms with E-state index >= 15 is 0 Å².